The largest absolute Gasteiger partial charge is 0.496 e. The molecule has 4 heteroatoms. The first kappa shape index (κ1) is 10.1. The third-order valence-electron chi connectivity index (χ3n) is 2.19. The number of methoxy groups -OCH3 is 2. The zero-order chi connectivity index (χ0) is 10.8. The van der Waals surface area contributed by atoms with Crippen molar-refractivity contribution in [2.45, 2.75) is 0 Å². The molecule has 0 saturated carbocycles. The van der Waals surface area contributed by atoms with Crippen molar-refractivity contribution in [1.82, 2.24) is 4.98 Å². The molecule has 78 valence electrons. The van der Waals surface area contributed by atoms with Crippen molar-refractivity contribution in [3.8, 4) is 11.5 Å². The van der Waals surface area contributed by atoms with E-state index in [1.54, 1.807) is 20.3 Å². The Bertz CT molecular complexity index is 499. The highest BCUT2D eigenvalue weighted by Crippen LogP contribution is 2.32. The topological polar surface area (TPSA) is 31.4 Å². The third kappa shape index (κ3) is 1.70. The number of benzene rings is 1. The first-order chi connectivity index (χ1) is 7.26. The second-order valence-corrected chi connectivity index (χ2v) is 3.39. The van der Waals surface area contributed by atoms with Crippen LogP contribution >= 0.6 is 11.6 Å². The number of fused-ring (bicyclic) bond motifs is 1. The van der Waals surface area contributed by atoms with Gasteiger partial charge in [-0.1, -0.05) is 11.6 Å². The molecule has 0 saturated heterocycles. The fraction of sp³-hybridized carbons (Fsp3) is 0.182. The van der Waals surface area contributed by atoms with E-state index >= 15 is 0 Å². The van der Waals surface area contributed by atoms with Gasteiger partial charge in [-0.3, -0.25) is 0 Å². The van der Waals surface area contributed by atoms with Gasteiger partial charge in [0.1, 0.15) is 22.2 Å². The number of aromatic nitrogens is 1. The molecular formula is C11H10ClNO2. The number of rotatable bonds is 2. The average Bonchev–Trinajstić information content (AvgIpc) is 2.27. The molecule has 2 rings (SSSR count). The molecule has 1 aromatic heterocycles. The van der Waals surface area contributed by atoms with Crippen LogP contribution in [-0.4, -0.2) is 19.2 Å². The molecule has 0 radical (unpaired) electrons. The molecule has 0 amide bonds. The van der Waals surface area contributed by atoms with Gasteiger partial charge in [-0.15, -0.1) is 0 Å². The Labute approximate surface area is 92.6 Å². The van der Waals surface area contributed by atoms with Crippen LogP contribution in [0.2, 0.25) is 5.15 Å². The summed E-state index contributed by atoms with van der Waals surface area (Å²) >= 11 is 5.84. The van der Waals surface area contributed by atoms with E-state index in [-0.39, 0.29) is 0 Å². The average molecular weight is 224 g/mol. The van der Waals surface area contributed by atoms with Gasteiger partial charge in [-0.25, -0.2) is 4.98 Å². The molecule has 0 aliphatic rings. The molecule has 0 fully saturated rings. The summed E-state index contributed by atoms with van der Waals surface area (Å²) in [6, 6.07) is 7.25. The van der Waals surface area contributed by atoms with Crippen molar-refractivity contribution >= 4 is 22.5 Å². The van der Waals surface area contributed by atoms with Crippen LogP contribution in [0.3, 0.4) is 0 Å². The highest BCUT2D eigenvalue weighted by Gasteiger charge is 2.08. The molecule has 0 aliphatic carbocycles. The second kappa shape index (κ2) is 3.95. The number of ether oxygens (including phenoxy) is 2. The Balaban J connectivity index is 2.80. The summed E-state index contributed by atoms with van der Waals surface area (Å²) < 4.78 is 10.4. The van der Waals surface area contributed by atoms with Gasteiger partial charge in [0, 0.05) is 5.39 Å². The van der Waals surface area contributed by atoms with Gasteiger partial charge in [0.15, 0.2) is 0 Å². The van der Waals surface area contributed by atoms with Crippen molar-refractivity contribution in [3.63, 3.8) is 0 Å². The van der Waals surface area contributed by atoms with Gasteiger partial charge in [0.05, 0.1) is 14.2 Å². The highest BCUT2D eigenvalue weighted by atomic mass is 35.5. The summed E-state index contributed by atoms with van der Waals surface area (Å²) in [7, 11) is 3.22. The van der Waals surface area contributed by atoms with Crippen LogP contribution in [0.1, 0.15) is 0 Å². The summed E-state index contributed by atoms with van der Waals surface area (Å²) in [5.74, 6) is 1.45. The lowest BCUT2D eigenvalue weighted by atomic mass is 10.2. The van der Waals surface area contributed by atoms with Crippen LogP contribution in [0.25, 0.3) is 10.9 Å². The number of pyridine rings is 1. The Morgan fingerprint density at radius 2 is 1.67 bits per heavy atom. The van der Waals surface area contributed by atoms with Crippen LogP contribution in [0, 0.1) is 0 Å². The lowest BCUT2D eigenvalue weighted by Crippen LogP contribution is -1.91. The highest BCUT2D eigenvalue weighted by molar-refractivity contribution is 6.29. The molecule has 15 heavy (non-hydrogen) atoms. The molecule has 0 bridgehead atoms. The van der Waals surface area contributed by atoms with Gasteiger partial charge in [-0.2, -0.15) is 0 Å². The zero-order valence-corrected chi connectivity index (χ0v) is 9.21. The molecule has 1 aromatic carbocycles. The van der Waals surface area contributed by atoms with E-state index in [0.717, 1.165) is 11.1 Å². The fourth-order valence-corrected chi connectivity index (χ4v) is 1.63. The Kier molecular flexibility index (Phi) is 2.64. The van der Waals surface area contributed by atoms with Crippen LogP contribution < -0.4 is 9.47 Å². The lowest BCUT2D eigenvalue weighted by molar-refractivity contribution is 0.410. The minimum atomic E-state index is 0.439. The first-order valence-corrected chi connectivity index (χ1v) is 4.81. The maximum atomic E-state index is 5.84. The summed E-state index contributed by atoms with van der Waals surface area (Å²) in [5, 5.41) is 1.33. The molecule has 0 atom stereocenters. The van der Waals surface area contributed by atoms with Gasteiger partial charge >= 0.3 is 0 Å². The van der Waals surface area contributed by atoms with E-state index in [0.29, 0.717) is 16.4 Å². The Morgan fingerprint density at radius 1 is 1.00 bits per heavy atom. The van der Waals surface area contributed by atoms with E-state index in [1.807, 2.05) is 18.2 Å². The molecule has 3 nitrogen and oxygen atoms in total. The SMILES string of the molecule is COc1ccc(OC)c2nc(Cl)ccc12. The monoisotopic (exact) mass is 223 g/mol. The maximum absolute atomic E-state index is 5.84. The van der Waals surface area contributed by atoms with Crippen molar-refractivity contribution < 1.29 is 9.47 Å². The van der Waals surface area contributed by atoms with Crippen LogP contribution in [0.4, 0.5) is 0 Å². The summed E-state index contributed by atoms with van der Waals surface area (Å²) in [5.41, 5.74) is 0.712. The van der Waals surface area contributed by atoms with Crippen LogP contribution in [0.5, 0.6) is 11.5 Å². The predicted molar refractivity (Wildman–Crippen MR) is 59.9 cm³/mol. The quantitative estimate of drug-likeness (QED) is 0.734. The van der Waals surface area contributed by atoms with E-state index in [4.69, 9.17) is 21.1 Å². The number of hydrogen-bond acceptors (Lipinski definition) is 3. The Morgan fingerprint density at radius 3 is 2.33 bits per heavy atom. The molecule has 0 aliphatic heterocycles. The van der Waals surface area contributed by atoms with Crippen molar-refractivity contribution in [2.24, 2.45) is 0 Å². The van der Waals surface area contributed by atoms with E-state index in [2.05, 4.69) is 4.98 Å². The molecule has 1 heterocycles. The summed E-state index contributed by atoms with van der Waals surface area (Å²) in [6.45, 7) is 0. The first-order valence-electron chi connectivity index (χ1n) is 4.43. The molecule has 0 N–H and O–H groups in total. The maximum Gasteiger partial charge on any atom is 0.145 e. The number of halogens is 1. The minimum absolute atomic E-state index is 0.439. The lowest BCUT2D eigenvalue weighted by Gasteiger charge is -2.08. The second-order valence-electron chi connectivity index (χ2n) is 3.00. The van der Waals surface area contributed by atoms with Gasteiger partial charge in [-0.05, 0) is 24.3 Å². The van der Waals surface area contributed by atoms with Crippen molar-refractivity contribution in [3.05, 3.63) is 29.4 Å². The summed E-state index contributed by atoms with van der Waals surface area (Å²) in [4.78, 5) is 4.22. The smallest absolute Gasteiger partial charge is 0.145 e. The van der Waals surface area contributed by atoms with E-state index in [1.165, 1.54) is 0 Å². The number of nitrogens with zero attached hydrogens (tertiary/aromatic N) is 1. The normalized spacial score (nSPS) is 10.3. The minimum Gasteiger partial charge on any atom is -0.496 e. The molecule has 0 unspecified atom stereocenters. The predicted octanol–water partition coefficient (Wildman–Crippen LogP) is 2.91. The fourth-order valence-electron chi connectivity index (χ4n) is 1.48. The third-order valence-corrected chi connectivity index (χ3v) is 2.40. The van der Waals surface area contributed by atoms with Gasteiger partial charge in [0.25, 0.3) is 0 Å². The van der Waals surface area contributed by atoms with Crippen LogP contribution in [-0.2, 0) is 0 Å². The molecular weight excluding hydrogens is 214 g/mol. The standard InChI is InChI=1S/C11H10ClNO2/c1-14-8-4-5-9(15-2)11-7(8)3-6-10(12)13-11/h3-6H,1-2H3. The van der Waals surface area contributed by atoms with E-state index in [9.17, 15) is 0 Å². The van der Waals surface area contributed by atoms with Gasteiger partial charge in [0.2, 0.25) is 0 Å². The van der Waals surface area contributed by atoms with Crippen LogP contribution in [0.15, 0.2) is 24.3 Å². The van der Waals surface area contributed by atoms with Crippen molar-refractivity contribution in [1.29, 1.82) is 0 Å². The molecule has 0 spiro atoms. The van der Waals surface area contributed by atoms with Gasteiger partial charge < -0.3 is 9.47 Å². The zero-order valence-electron chi connectivity index (χ0n) is 8.45. The van der Waals surface area contributed by atoms with Crippen molar-refractivity contribution in [2.75, 3.05) is 14.2 Å². The number of hydrogen-bond donors (Lipinski definition) is 0. The van der Waals surface area contributed by atoms with E-state index < -0.39 is 0 Å². The summed E-state index contributed by atoms with van der Waals surface area (Å²) in [6.07, 6.45) is 0. The molecule has 2 aromatic rings. The Hall–Kier alpha value is -1.48.